The van der Waals surface area contributed by atoms with Gasteiger partial charge in [-0.25, -0.2) is 0 Å². The summed E-state index contributed by atoms with van der Waals surface area (Å²) in [6, 6.07) is 25.9. The Hall–Kier alpha value is -3.57. The number of aromatic nitrogens is 1. The number of fused-ring (bicyclic) bond motifs is 1. The van der Waals surface area contributed by atoms with Crippen molar-refractivity contribution in [3.05, 3.63) is 107 Å². The third-order valence-corrected chi connectivity index (χ3v) is 4.89. The van der Waals surface area contributed by atoms with Crippen LogP contribution < -0.4 is 10.9 Å². The first-order chi connectivity index (χ1) is 14.1. The molecule has 144 valence electrons. The number of hydrogen-bond acceptors (Lipinski definition) is 2. The topological polar surface area (TPSA) is 74.0 Å². The molecule has 0 fully saturated rings. The van der Waals surface area contributed by atoms with Gasteiger partial charge < -0.3 is 4.98 Å². The van der Waals surface area contributed by atoms with Gasteiger partial charge in [0, 0.05) is 15.9 Å². The normalized spacial score (nSPS) is 10.8. The minimum absolute atomic E-state index is 0.324. The van der Waals surface area contributed by atoms with Gasteiger partial charge in [-0.2, -0.15) is 0 Å². The summed E-state index contributed by atoms with van der Waals surface area (Å²) in [5.74, 6) is -1.31. The molecule has 1 aromatic heterocycles. The second-order valence-electron chi connectivity index (χ2n) is 6.61. The summed E-state index contributed by atoms with van der Waals surface area (Å²) in [6.45, 7) is 0. The predicted molar refractivity (Wildman–Crippen MR) is 114 cm³/mol. The molecule has 3 N–H and O–H groups in total. The molecule has 29 heavy (non-hydrogen) atoms. The predicted octanol–water partition coefficient (Wildman–Crippen LogP) is 4.41. The number of hydrazine groups is 1. The molecule has 0 saturated heterocycles. The Morgan fingerprint density at radius 3 is 2.03 bits per heavy atom. The summed E-state index contributed by atoms with van der Waals surface area (Å²) in [7, 11) is 0. The first-order valence-electron chi connectivity index (χ1n) is 9.10. The van der Waals surface area contributed by atoms with E-state index in [9.17, 15) is 9.59 Å². The molecule has 0 atom stereocenters. The summed E-state index contributed by atoms with van der Waals surface area (Å²) in [5, 5.41) is 1.41. The summed E-state index contributed by atoms with van der Waals surface area (Å²) in [5.41, 5.74) is 7.84. The van der Waals surface area contributed by atoms with Crippen molar-refractivity contribution in [1.82, 2.24) is 15.8 Å². The van der Waals surface area contributed by atoms with Gasteiger partial charge >= 0.3 is 0 Å². The monoisotopic (exact) mass is 403 g/mol. The maximum atomic E-state index is 12.9. The number of amides is 2. The van der Waals surface area contributed by atoms with Crippen molar-refractivity contribution in [2.24, 2.45) is 0 Å². The first-order valence-corrected chi connectivity index (χ1v) is 9.48. The van der Waals surface area contributed by atoms with Crippen molar-refractivity contribution in [3.8, 4) is 0 Å². The maximum absolute atomic E-state index is 12.9. The quantitative estimate of drug-likeness (QED) is 0.441. The van der Waals surface area contributed by atoms with E-state index < -0.39 is 11.8 Å². The Morgan fingerprint density at radius 2 is 1.41 bits per heavy atom. The number of aromatic amines is 1. The fraction of sp³-hybridized carbons (Fsp3) is 0.0435. The van der Waals surface area contributed by atoms with E-state index in [2.05, 4.69) is 15.8 Å². The zero-order chi connectivity index (χ0) is 20.2. The molecule has 0 bridgehead atoms. The van der Waals surface area contributed by atoms with Gasteiger partial charge in [-0.05, 0) is 35.4 Å². The molecule has 4 aromatic rings. The highest BCUT2D eigenvalue weighted by molar-refractivity contribution is 6.31. The molecule has 2 amide bonds. The Morgan fingerprint density at radius 1 is 0.793 bits per heavy atom. The zero-order valence-corrected chi connectivity index (χ0v) is 16.1. The molecule has 0 unspecified atom stereocenters. The molecule has 3 aromatic carbocycles. The smallest absolute Gasteiger partial charge is 0.286 e. The largest absolute Gasteiger partial charge is 0.350 e. The number of nitrogens with one attached hydrogen (secondary N) is 3. The molecule has 6 heteroatoms. The average Bonchev–Trinajstić information content (AvgIpc) is 3.17. The third kappa shape index (κ3) is 4.15. The number of rotatable bonds is 4. The van der Waals surface area contributed by atoms with Gasteiger partial charge in [0.2, 0.25) is 5.91 Å². The van der Waals surface area contributed by atoms with Crippen molar-refractivity contribution in [3.63, 3.8) is 0 Å². The highest BCUT2D eigenvalue weighted by Crippen LogP contribution is 2.24. The van der Waals surface area contributed by atoms with E-state index in [1.165, 1.54) is 0 Å². The number of hydrogen-bond donors (Lipinski definition) is 3. The van der Waals surface area contributed by atoms with Gasteiger partial charge in [0.1, 0.15) is 5.69 Å². The SMILES string of the molecule is O=C(NNC(=O)C(c1ccccc1)c1ccccc1)c1cc2cc(Cl)ccc2[nH]1. The Balaban J connectivity index is 1.52. The van der Waals surface area contributed by atoms with Crippen LogP contribution >= 0.6 is 11.6 Å². The van der Waals surface area contributed by atoms with Crippen LogP contribution in [0.1, 0.15) is 27.5 Å². The van der Waals surface area contributed by atoms with Crippen molar-refractivity contribution >= 4 is 34.3 Å². The van der Waals surface area contributed by atoms with Crippen LogP contribution in [0.3, 0.4) is 0 Å². The molecule has 0 aliphatic carbocycles. The van der Waals surface area contributed by atoms with Crippen LogP contribution in [0.4, 0.5) is 0 Å². The molecule has 0 aliphatic rings. The maximum Gasteiger partial charge on any atom is 0.286 e. The van der Waals surface area contributed by atoms with E-state index in [-0.39, 0.29) is 5.91 Å². The molecule has 0 radical (unpaired) electrons. The molecular formula is C23H18ClN3O2. The van der Waals surface area contributed by atoms with E-state index in [4.69, 9.17) is 11.6 Å². The van der Waals surface area contributed by atoms with E-state index >= 15 is 0 Å². The highest BCUT2D eigenvalue weighted by Gasteiger charge is 2.23. The van der Waals surface area contributed by atoms with Crippen LogP contribution in [0, 0.1) is 0 Å². The number of carbonyl (C=O) groups excluding carboxylic acids is 2. The highest BCUT2D eigenvalue weighted by atomic mass is 35.5. The minimum Gasteiger partial charge on any atom is -0.350 e. The lowest BCUT2D eigenvalue weighted by molar-refractivity contribution is -0.122. The number of benzene rings is 3. The van der Waals surface area contributed by atoms with Crippen molar-refractivity contribution in [1.29, 1.82) is 0 Å². The van der Waals surface area contributed by atoms with E-state index in [0.717, 1.165) is 22.0 Å². The molecule has 0 spiro atoms. The first kappa shape index (κ1) is 18.8. The van der Waals surface area contributed by atoms with Gasteiger partial charge in [-0.1, -0.05) is 72.3 Å². The second-order valence-corrected chi connectivity index (χ2v) is 7.05. The van der Waals surface area contributed by atoms with Gasteiger partial charge in [-0.15, -0.1) is 0 Å². The summed E-state index contributed by atoms with van der Waals surface area (Å²) < 4.78 is 0. The van der Waals surface area contributed by atoms with Crippen molar-refractivity contribution in [2.45, 2.75) is 5.92 Å². The summed E-state index contributed by atoms with van der Waals surface area (Å²) in [4.78, 5) is 28.5. The van der Waals surface area contributed by atoms with E-state index in [0.29, 0.717) is 10.7 Å². The molecule has 0 saturated carbocycles. The van der Waals surface area contributed by atoms with E-state index in [1.54, 1.807) is 24.3 Å². The lowest BCUT2D eigenvalue weighted by atomic mass is 9.91. The zero-order valence-electron chi connectivity index (χ0n) is 15.4. The Labute approximate surface area is 172 Å². The molecule has 4 rings (SSSR count). The Bertz CT molecular complexity index is 1120. The van der Waals surface area contributed by atoms with Gasteiger partial charge in [0.15, 0.2) is 0 Å². The molecule has 5 nitrogen and oxygen atoms in total. The van der Waals surface area contributed by atoms with Gasteiger partial charge in [0.05, 0.1) is 5.92 Å². The summed E-state index contributed by atoms with van der Waals surface area (Å²) in [6.07, 6.45) is 0. The van der Waals surface area contributed by atoms with Crippen LogP contribution in [-0.4, -0.2) is 16.8 Å². The molecule has 0 aliphatic heterocycles. The molecule has 1 heterocycles. The lowest BCUT2D eigenvalue weighted by Crippen LogP contribution is -2.44. The standard InChI is InChI=1S/C23H18ClN3O2/c24-18-11-12-19-17(13-18)14-20(25-19)22(28)26-27-23(29)21(15-7-3-1-4-8-15)16-9-5-2-6-10-16/h1-14,21,25H,(H,26,28)(H,27,29). The second kappa shape index (κ2) is 8.20. The van der Waals surface area contributed by atoms with Crippen molar-refractivity contribution in [2.75, 3.05) is 0 Å². The molecular weight excluding hydrogens is 386 g/mol. The fourth-order valence-corrected chi connectivity index (χ4v) is 3.45. The van der Waals surface area contributed by atoms with Crippen LogP contribution in [-0.2, 0) is 4.79 Å². The van der Waals surface area contributed by atoms with E-state index in [1.807, 2.05) is 60.7 Å². The van der Waals surface area contributed by atoms with Crippen LogP contribution in [0.2, 0.25) is 5.02 Å². The average molecular weight is 404 g/mol. The third-order valence-electron chi connectivity index (χ3n) is 4.65. The fourth-order valence-electron chi connectivity index (χ4n) is 3.27. The van der Waals surface area contributed by atoms with Gasteiger partial charge in [0.25, 0.3) is 5.91 Å². The number of carbonyl (C=O) groups is 2. The number of halogens is 1. The van der Waals surface area contributed by atoms with Crippen molar-refractivity contribution < 1.29 is 9.59 Å². The van der Waals surface area contributed by atoms with Crippen LogP contribution in [0.15, 0.2) is 84.9 Å². The van der Waals surface area contributed by atoms with Crippen LogP contribution in [0.5, 0.6) is 0 Å². The lowest BCUT2D eigenvalue weighted by Gasteiger charge is -2.18. The number of H-pyrrole nitrogens is 1. The Kier molecular flexibility index (Phi) is 5.31. The van der Waals surface area contributed by atoms with Gasteiger partial charge in [-0.3, -0.25) is 20.4 Å². The minimum atomic E-state index is -0.542. The van der Waals surface area contributed by atoms with Crippen LogP contribution in [0.25, 0.3) is 10.9 Å². The summed E-state index contributed by atoms with van der Waals surface area (Å²) >= 11 is 5.99.